The summed E-state index contributed by atoms with van der Waals surface area (Å²) in [5.41, 5.74) is 3.26. The molecule has 1 aliphatic carbocycles. The van der Waals surface area contributed by atoms with Gasteiger partial charge in [-0.3, -0.25) is 0 Å². The molecule has 1 aromatic carbocycles. The fourth-order valence-corrected chi connectivity index (χ4v) is 3.37. The second-order valence-electron chi connectivity index (χ2n) is 5.25. The molecule has 1 saturated carbocycles. The third-order valence-corrected chi connectivity index (χ3v) is 4.24. The highest BCUT2D eigenvalue weighted by Gasteiger charge is 2.35. The van der Waals surface area contributed by atoms with Crippen molar-refractivity contribution in [3.8, 4) is 0 Å². The molecule has 0 bridgehead atoms. The van der Waals surface area contributed by atoms with Crippen molar-refractivity contribution in [2.75, 3.05) is 0 Å². The van der Waals surface area contributed by atoms with Gasteiger partial charge in [-0.2, -0.15) is 0 Å². The van der Waals surface area contributed by atoms with Gasteiger partial charge in [0.05, 0.1) is 0 Å². The number of allylic oxidation sites excluding steroid dienone is 4. The highest BCUT2D eigenvalue weighted by Crippen LogP contribution is 2.45. The Morgan fingerprint density at radius 1 is 0.864 bits per heavy atom. The molecule has 1 fully saturated rings. The van der Waals surface area contributed by atoms with Crippen LogP contribution in [0.4, 0.5) is 0 Å². The van der Waals surface area contributed by atoms with Crippen molar-refractivity contribution in [1.82, 2.24) is 0 Å². The van der Waals surface area contributed by atoms with Crippen molar-refractivity contribution < 1.29 is 0 Å². The summed E-state index contributed by atoms with van der Waals surface area (Å²) in [5.74, 6) is 0. The Hall–Kier alpha value is -1.30. The Bertz CT molecular complexity index is 417. The largest absolute Gasteiger partial charge is 0.0874 e. The van der Waals surface area contributed by atoms with Crippen molar-refractivity contribution >= 4 is 0 Å². The predicted molar refractivity (Wildman–Crippen MR) is 102 cm³/mol. The topological polar surface area (TPSA) is 0 Å². The monoisotopic (exact) mass is 300 g/mol. The van der Waals surface area contributed by atoms with Crippen LogP contribution in [0.5, 0.6) is 0 Å². The van der Waals surface area contributed by atoms with E-state index in [0.717, 1.165) is 0 Å². The molecular weight excluding hydrogens is 264 g/mol. The predicted octanol–water partition coefficient (Wildman–Crippen LogP) is 7.46. The van der Waals surface area contributed by atoms with Gasteiger partial charge in [0.2, 0.25) is 0 Å². The zero-order chi connectivity index (χ0) is 16.8. The molecule has 124 valence electrons. The third kappa shape index (κ3) is 5.16. The second-order valence-corrected chi connectivity index (χ2v) is 5.25. The van der Waals surface area contributed by atoms with E-state index in [1.165, 1.54) is 43.2 Å². The van der Waals surface area contributed by atoms with E-state index in [-0.39, 0.29) is 5.41 Å². The first-order valence-corrected chi connectivity index (χ1v) is 9.18. The Kier molecular flexibility index (Phi) is 11.5. The van der Waals surface area contributed by atoms with E-state index in [4.69, 9.17) is 0 Å². The van der Waals surface area contributed by atoms with Gasteiger partial charge < -0.3 is 0 Å². The summed E-state index contributed by atoms with van der Waals surface area (Å²) in [6, 6.07) is 11.1. The van der Waals surface area contributed by atoms with E-state index in [1.54, 1.807) is 0 Å². The minimum atomic E-state index is 0.265. The van der Waals surface area contributed by atoms with Crippen LogP contribution in [0, 0.1) is 0 Å². The lowest BCUT2D eigenvalue weighted by molar-refractivity contribution is 0.345. The summed E-state index contributed by atoms with van der Waals surface area (Å²) in [4.78, 5) is 0. The van der Waals surface area contributed by atoms with Gasteiger partial charge in [0.1, 0.15) is 0 Å². The molecule has 0 aromatic heterocycles. The highest BCUT2D eigenvalue weighted by molar-refractivity contribution is 5.42. The molecule has 0 amide bonds. The summed E-state index contributed by atoms with van der Waals surface area (Å²) < 4.78 is 0. The van der Waals surface area contributed by atoms with Crippen molar-refractivity contribution in [3.05, 3.63) is 59.7 Å². The van der Waals surface area contributed by atoms with Crippen molar-refractivity contribution in [1.29, 1.82) is 0 Å². The molecule has 0 atom stereocenters. The summed E-state index contributed by atoms with van der Waals surface area (Å²) in [6.45, 7) is 12.3. The molecule has 1 aliphatic rings. The maximum Gasteiger partial charge on any atom is 0.0199 e. The third-order valence-electron chi connectivity index (χ3n) is 4.24. The maximum absolute atomic E-state index is 2.30. The molecule has 0 heteroatoms. The molecular formula is C22H36. The molecule has 0 radical (unpaired) electrons. The molecule has 0 nitrogen and oxygen atoms in total. The second kappa shape index (κ2) is 12.3. The van der Waals surface area contributed by atoms with Crippen LogP contribution in [0.15, 0.2) is 54.1 Å². The van der Waals surface area contributed by atoms with Gasteiger partial charge in [-0.15, -0.1) is 0 Å². The number of rotatable bonds is 3. The zero-order valence-electron chi connectivity index (χ0n) is 15.7. The van der Waals surface area contributed by atoms with Gasteiger partial charge >= 0.3 is 0 Å². The molecule has 0 N–H and O–H groups in total. The van der Waals surface area contributed by atoms with Gasteiger partial charge in [0.25, 0.3) is 0 Å². The van der Waals surface area contributed by atoms with E-state index in [9.17, 15) is 0 Å². The van der Waals surface area contributed by atoms with Crippen LogP contribution in [0.25, 0.3) is 0 Å². The van der Waals surface area contributed by atoms with Crippen LogP contribution in [-0.4, -0.2) is 0 Å². The molecule has 0 aliphatic heterocycles. The van der Waals surface area contributed by atoms with Crippen LogP contribution in [0.1, 0.15) is 79.2 Å². The quantitative estimate of drug-likeness (QED) is 0.508. The minimum Gasteiger partial charge on any atom is -0.0874 e. The van der Waals surface area contributed by atoms with E-state index in [1.807, 2.05) is 27.7 Å². The Balaban J connectivity index is 0.00000102. The lowest BCUT2D eigenvalue weighted by Crippen LogP contribution is -2.30. The molecule has 0 unspecified atom stereocenters. The van der Waals surface area contributed by atoms with Crippen molar-refractivity contribution in [2.45, 2.75) is 79.1 Å². The highest BCUT2D eigenvalue weighted by atomic mass is 14.4. The lowest BCUT2D eigenvalue weighted by atomic mass is 9.64. The van der Waals surface area contributed by atoms with E-state index in [2.05, 4.69) is 62.4 Å². The van der Waals surface area contributed by atoms with Crippen molar-refractivity contribution in [2.24, 2.45) is 0 Å². The van der Waals surface area contributed by atoms with Crippen LogP contribution in [0.3, 0.4) is 0 Å². The van der Waals surface area contributed by atoms with Crippen LogP contribution < -0.4 is 0 Å². The molecule has 0 heterocycles. The number of hydrogen-bond acceptors (Lipinski definition) is 0. The fraction of sp³-hybridized carbons (Fsp3) is 0.545. The number of benzene rings is 1. The van der Waals surface area contributed by atoms with E-state index >= 15 is 0 Å². The van der Waals surface area contributed by atoms with E-state index < -0.39 is 0 Å². The molecule has 1 aromatic rings. The smallest absolute Gasteiger partial charge is 0.0199 e. The Morgan fingerprint density at radius 3 is 1.86 bits per heavy atom. The summed E-state index contributed by atoms with van der Waals surface area (Å²) in [7, 11) is 0. The molecule has 0 saturated heterocycles. The normalized spacial score (nSPS) is 17.1. The molecule has 0 spiro atoms. The zero-order valence-corrected chi connectivity index (χ0v) is 15.7. The van der Waals surface area contributed by atoms with Gasteiger partial charge in [-0.05, 0) is 37.8 Å². The van der Waals surface area contributed by atoms with Gasteiger partial charge in [-0.25, -0.2) is 0 Å². The standard InChI is InChI=1S/C18H24.2C2H6/c1-3-11-16(4-2)18(14-9-6-10-15-18)17-12-7-5-8-13-17;2*1-2/h3-5,7-8,11-13H,6,9-10,14-15H2,1-2H3;2*1-2H3/b11-3-,16-4+;;. The molecule has 2 rings (SSSR count). The average molecular weight is 301 g/mol. The van der Waals surface area contributed by atoms with Crippen LogP contribution in [0.2, 0.25) is 0 Å². The Morgan fingerprint density at radius 2 is 1.41 bits per heavy atom. The summed E-state index contributed by atoms with van der Waals surface area (Å²) in [6.07, 6.45) is 13.5. The maximum atomic E-state index is 2.30. The lowest BCUT2D eigenvalue weighted by Gasteiger charge is -2.39. The summed E-state index contributed by atoms with van der Waals surface area (Å²) in [5, 5.41) is 0. The first-order valence-electron chi connectivity index (χ1n) is 9.18. The minimum absolute atomic E-state index is 0.265. The SMILES string of the molecule is C/C=C\C(=C/C)C1(c2ccccc2)CCCCC1.CC.CC. The van der Waals surface area contributed by atoms with Gasteiger partial charge in [0, 0.05) is 5.41 Å². The van der Waals surface area contributed by atoms with Crippen LogP contribution in [-0.2, 0) is 5.41 Å². The Labute approximate surface area is 139 Å². The summed E-state index contributed by atoms with van der Waals surface area (Å²) >= 11 is 0. The molecule has 22 heavy (non-hydrogen) atoms. The van der Waals surface area contributed by atoms with Crippen molar-refractivity contribution in [3.63, 3.8) is 0 Å². The average Bonchev–Trinajstić information content (AvgIpc) is 2.64. The van der Waals surface area contributed by atoms with Gasteiger partial charge in [0.15, 0.2) is 0 Å². The fourth-order valence-electron chi connectivity index (χ4n) is 3.37. The van der Waals surface area contributed by atoms with E-state index in [0.29, 0.717) is 0 Å². The first kappa shape index (κ1) is 20.7. The van der Waals surface area contributed by atoms with Crippen LogP contribution >= 0.6 is 0 Å². The number of hydrogen-bond donors (Lipinski definition) is 0. The first-order chi connectivity index (χ1) is 10.8. The van der Waals surface area contributed by atoms with Gasteiger partial charge in [-0.1, -0.05) is 95.5 Å².